The van der Waals surface area contributed by atoms with Crippen LogP contribution < -0.4 is 16.0 Å². The van der Waals surface area contributed by atoms with Gasteiger partial charge in [0.1, 0.15) is 5.60 Å². The lowest BCUT2D eigenvalue weighted by Gasteiger charge is -2.27. The second-order valence-corrected chi connectivity index (χ2v) is 5.91. The molecule has 22 heavy (non-hydrogen) atoms. The second-order valence-electron chi connectivity index (χ2n) is 5.91. The predicted molar refractivity (Wildman–Crippen MR) is 76.8 cm³/mol. The van der Waals surface area contributed by atoms with Crippen LogP contribution in [-0.2, 0) is 15.1 Å². The molecule has 0 spiro atoms. The maximum absolute atomic E-state index is 12.2. The minimum Gasteiger partial charge on any atom is -0.444 e. The Labute approximate surface area is 127 Å². The topological polar surface area (TPSA) is 109 Å². The molecule has 2 rings (SSSR count). The van der Waals surface area contributed by atoms with Crippen LogP contribution in [0.2, 0.25) is 0 Å². The zero-order valence-electron chi connectivity index (χ0n) is 12.6. The van der Waals surface area contributed by atoms with E-state index in [0.29, 0.717) is 5.56 Å². The van der Waals surface area contributed by atoms with E-state index in [1.54, 1.807) is 39.1 Å². The zero-order chi connectivity index (χ0) is 16.4. The van der Waals surface area contributed by atoms with Crippen LogP contribution in [0.1, 0.15) is 26.3 Å². The van der Waals surface area contributed by atoms with Crippen LogP contribution in [0, 0.1) is 0 Å². The molecule has 8 heteroatoms. The molecule has 0 aromatic carbocycles. The van der Waals surface area contributed by atoms with Crippen molar-refractivity contribution in [2.75, 3.05) is 6.54 Å². The number of hydrogen-bond donors (Lipinski definition) is 3. The molecule has 1 atom stereocenters. The summed E-state index contributed by atoms with van der Waals surface area (Å²) < 4.78 is 5.13. The number of carbonyl (C=O) groups is 3. The van der Waals surface area contributed by atoms with Crippen molar-refractivity contribution in [1.82, 2.24) is 20.9 Å². The summed E-state index contributed by atoms with van der Waals surface area (Å²) in [5, 5.41) is 7.22. The van der Waals surface area contributed by atoms with Gasteiger partial charge in [-0.25, -0.2) is 9.59 Å². The molecular formula is C14H18N4O4. The Balaban J connectivity index is 2.19. The number of aromatic nitrogens is 1. The van der Waals surface area contributed by atoms with Gasteiger partial charge in [0.2, 0.25) is 0 Å². The number of nitrogens with one attached hydrogen (secondary N) is 3. The molecule has 0 unspecified atom stereocenters. The van der Waals surface area contributed by atoms with E-state index in [2.05, 4.69) is 20.9 Å². The summed E-state index contributed by atoms with van der Waals surface area (Å²) in [7, 11) is 0. The Morgan fingerprint density at radius 1 is 1.41 bits per heavy atom. The quantitative estimate of drug-likeness (QED) is 0.710. The van der Waals surface area contributed by atoms with E-state index in [1.165, 1.54) is 6.20 Å². The first-order valence-corrected chi connectivity index (χ1v) is 6.74. The lowest BCUT2D eigenvalue weighted by atomic mass is 9.91. The fraction of sp³-hybridized carbons (Fsp3) is 0.429. The Bertz CT molecular complexity index is 597. The highest BCUT2D eigenvalue weighted by Crippen LogP contribution is 2.23. The van der Waals surface area contributed by atoms with E-state index in [-0.39, 0.29) is 6.54 Å². The summed E-state index contributed by atoms with van der Waals surface area (Å²) in [4.78, 5) is 39.4. The Hall–Kier alpha value is -2.64. The molecule has 1 aliphatic rings. The summed E-state index contributed by atoms with van der Waals surface area (Å²) in [6, 6.07) is 2.66. The van der Waals surface area contributed by atoms with Crippen LogP contribution >= 0.6 is 0 Å². The number of pyridine rings is 1. The molecule has 1 aromatic rings. The van der Waals surface area contributed by atoms with Gasteiger partial charge in [0.05, 0.1) is 6.54 Å². The minimum absolute atomic E-state index is 0.148. The molecule has 4 amide bonds. The molecule has 0 bridgehead atoms. The first-order valence-electron chi connectivity index (χ1n) is 6.74. The number of ether oxygens (including phenoxy) is 1. The lowest BCUT2D eigenvalue weighted by Crippen LogP contribution is -2.53. The molecule has 0 radical (unpaired) electrons. The van der Waals surface area contributed by atoms with Crippen molar-refractivity contribution in [3.63, 3.8) is 0 Å². The van der Waals surface area contributed by atoms with Gasteiger partial charge >= 0.3 is 12.1 Å². The third-order valence-corrected chi connectivity index (χ3v) is 2.99. The number of urea groups is 1. The van der Waals surface area contributed by atoms with Crippen LogP contribution in [0.15, 0.2) is 24.5 Å². The lowest BCUT2D eigenvalue weighted by molar-refractivity contribution is -0.124. The average Bonchev–Trinajstić information content (AvgIpc) is 2.71. The fourth-order valence-corrected chi connectivity index (χ4v) is 2.06. The molecule has 1 fully saturated rings. The van der Waals surface area contributed by atoms with E-state index >= 15 is 0 Å². The number of alkyl carbamates (subject to hydrolysis) is 1. The van der Waals surface area contributed by atoms with Crippen molar-refractivity contribution in [3.05, 3.63) is 30.1 Å². The van der Waals surface area contributed by atoms with Gasteiger partial charge < -0.3 is 15.4 Å². The number of hydrogen-bond acceptors (Lipinski definition) is 5. The fourth-order valence-electron chi connectivity index (χ4n) is 2.06. The van der Waals surface area contributed by atoms with Crippen LogP contribution in [0.3, 0.4) is 0 Å². The molecule has 1 aromatic heterocycles. The van der Waals surface area contributed by atoms with E-state index < -0.39 is 29.2 Å². The highest BCUT2D eigenvalue weighted by Gasteiger charge is 2.48. The summed E-state index contributed by atoms with van der Waals surface area (Å²) in [6.07, 6.45) is 2.33. The molecule has 2 heterocycles. The average molecular weight is 306 g/mol. The van der Waals surface area contributed by atoms with E-state index in [1.807, 2.05) is 0 Å². The van der Waals surface area contributed by atoms with Gasteiger partial charge in [0.25, 0.3) is 5.91 Å². The number of rotatable bonds is 3. The van der Waals surface area contributed by atoms with Crippen LogP contribution in [-0.4, -0.2) is 35.2 Å². The minimum atomic E-state index is -1.40. The van der Waals surface area contributed by atoms with Gasteiger partial charge in [-0.05, 0) is 26.8 Å². The second kappa shape index (κ2) is 5.63. The summed E-state index contributed by atoms with van der Waals surface area (Å²) in [6.45, 7) is 5.04. The van der Waals surface area contributed by atoms with Gasteiger partial charge in [0.15, 0.2) is 5.54 Å². The van der Waals surface area contributed by atoms with Gasteiger partial charge in [-0.1, -0.05) is 6.07 Å². The molecule has 3 N–H and O–H groups in total. The molecule has 1 aliphatic heterocycles. The number of nitrogens with zero attached hydrogens (tertiary/aromatic N) is 1. The van der Waals surface area contributed by atoms with Crippen molar-refractivity contribution >= 4 is 18.0 Å². The van der Waals surface area contributed by atoms with E-state index in [4.69, 9.17) is 4.74 Å². The highest BCUT2D eigenvalue weighted by atomic mass is 16.6. The molecule has 0 aliphatic carbocycles. The van der Waals surface area contributed by atoms with Crippen molar-refractivity contribution in [1.29, 1.82) is 0 Å². The molecule has 0 saturated carbocycles. The third-order valence-electron chi connectivity index (χ3n) is 2.99. The van der Waals surface area contributed by atoms with Crippen LogP contribution in [0.5, 0.6) is 0 Å². The monoisotopic (exact) mass is 306 g/mol. The molecule has 8 nitrogen and oxygen atoms in total. The third kappa shape index (κ3) is 3.33. The number of imide groups is 1. The van der Waals surface area contributed by atoms with Gasteiger partial charge in [-0.15, -0.1) is 0 Å². The first kappa shape index (κ1) is 15.7. The molecular weight excluding hydrogens is 288 g/mol. The Morgan fingerprint density at radius 3 is 2.64 bits per heavy atom. The van der Waals surface area contributed by atoms with Crippen LogP contribution in [0.4, 0.5) is 9.59 Å². The van der Waals surface area contributed by atoms with Crippen LogP contribution in [0.25, 0.3) is 0 Å². The van der Waals surface area contributed by atoms with Crippen molar-refractivity contribution in [2.24, 2.45) is 0 Å². The maximum Gasteiger partial charge on any atom is 0.407 e. The van der Waals surface area contributed by atoms with Crippen molar-refractivity contribution < 1.29 is 19.1 Å². The Kier molecular flexibility index (Phi) is 4.03. The maximum atomic E-state index is 12.2. The number of amides is 4. The summed E-state index contributed by atoms with van der Waals surface area (Å²) in [5.74, 6) is -0.554. The van der Waals surface area contributed by atoms with Gasteiger partial charge in [0, 0.05) is 18.0 Å². The van der Waals surface area contributed by atoms with Crippen molar-refractivity contribution in [3.8, 4) is 0 Å². The van der Waals surface area contributed by atoms with E-state index in [9.17, 15) is 14.4 Å². The summed E-state index contributed by atoms with van der Waals surface area (Å²) >= 11 is 0. The predicted octanol–water partition coefficient (Wildman–Crippen LogP) is 0.641. The SMILES string of the molecule is CC(C)(C)OC(=O)NC[C@@]1(c2cccnc2)NC(=O)NC1=O. The molecule has 1 saturated heterocycles. The van der Waals surface area contributed by atoms with E-state index in [0.717, 1.165) is 0 Å². The normalized spacial score (nSPS) is 21.0. The smallest absolute Gasteiger partial charge is 0.407 e. The standard InChI is InChI=1S/C14H18N4O4/c1-13(2,3)22-12(21)16-8-14(9-5-4-6-15-7-9)10(19)17-11(20)18-14/h4-7H,8H2,1-3H3,(H,16,21)(H2,17,18,19,20)/t14-/m0/s1. The largest absolute Gasteiger partial charge is 0.444 e. The van der Waals surface area contributed by atoms with Crippen molar-refractivity contribution in [2.45, 2.75) is 31.9 Å². The number of carbonyl (C=O) groups excluding carboxylic acids is 3. The van der Waals surface area contributed by atoms with Gasteiger partial charge in [-0.2, -0.15) is 0 Å². The highest BCUT2D eigenvalue weighted by molar-refractivity contribution is 6.07. The van der Waals surface area contributed by atoms with Gasteiger partial charge in [-0.3, -0.25) is 15.1 Å². The zero-order valence-corrected chi connectivity index (χ0v) is 12.6. The summed E-state index contributed by atoms with van der Waals surface area (Å²) in [5.41, 5.74) is -1.59. The Morgan fingerprint density at radius 2 is 2.14 bits per heavy atom. The molecule has 118 valence electrons. The first-order chi connectivity index (χ1) is 10.2.